The van der Waals surface area contributed by atoms with Gasteiger partial charge in [-0.25, -0.2) is 0 Å². The van der Waals surface area contributed by atoms with Crippen molar-refractivity contribution in [2.24, 2.45) is 11.8 Å². The number of hydrazine groups is 1. The van der Waals surface area contributed by atoms with E-state index in [0.29, 0.717) is 5.92 Å². The van der Waals surface area contributed by atoms with E-state index in [9.17, 15) is 0 Å². The van der Waals surface area contributed by atoms with Gasteiger partial charge in [-0.3, -0.25) is 16.0 Å². The number of rotatable bonds is 6. The predicted octanol–water partition coefficient (Wildman–Crippen LogP) is 1.64. The van der Waals surface area contributed by atoms with Crippen LogP contribution in [0.3, 0.4) is 0 Å². The molecule has 0 spiro atoms. The molecular formula is C13H23BrN4O. The molecule has 6 heteroatoms. The Hall–Kier alpha value is -0.430. The van der Waals surface area contributed by atoms with Crippen molar-refractivity contribution in [3.63, 3.8) is 0 Å². The van der Waals surface area contributed by atoms with Crippen LogP contribution < -0.4 is 11.3 Å². The third kappa shape index (κ3) is 3.18. The number of aromatic nitrogens is 2. The van der Waals surface area contributed by atoms with Gasteiger partial charge in [0.15, 0.2) is 0 Å². The molecule has 108 valence electrons. The fraction of sp³-hybridized carbons (Fsp3) is 0.769. The van der Waals surface area contributed by atoms with Gasteiger partial charge < -0.3 is 4.74 Å². The number of ether oxygens (including phenoxy) is 1. The Morgan fingerprint density at radius 1 is 1.58 bits per heavy atom. The van der Waals surface area contributed by atoms with Crippen molar-refractivity contribution >= 4 is 15.9 Å². The molecule has 0 amide bonds. The van der Waals surface area contributed by atoms with Crippen LogP contribution in [0.2, 0.25) is 0 Å². The number of aryl methyl sites for hydroxylation is 2. The molecule has 0 aliphatic carbocycles. The van der Waals surface area contributed by atoms with E-state index in [0.717, 1.165) is 49.2 Å². The fourth-order valence-electron chi connectivity index (χ4n) is 2.65. The Labute approximate surface area is 123 Å². The number of nitrogens with zero attached hydrogens (tertiary/aromatic N) is 2. The molecule has 1 aromatic rings. The monoisotopic (exact) mass is 330 g/mol. The molecule has 5 nitrogen and oxygen atoms in total. The quantitative estimate of drug-likeness (QED) is 0.614. The number of nitrogens with two attached hydrogens (primary N) is 1. The molecule has 2 rings (SSSR count). The van der Waals surface area contributed by atoms with E-state index < -0.39 is 0 Å². The van der Waals surface area contributed by atoms with Crippen LogP contribution in [0.4, 0.5) is 0 Å². The zero-order valence-corrected chi connectivity index (χ0v) is 13.2. The normalized spacial score (nSPS) is 20.9. The van der Waals surface area contributed by atoms with Gasteiger partial charge in [0.05, 0.1) is 22.5 Å². The van der Waals surface area contributed by atoms with E-state index in [1.165, 1.54) is 5.69 Å². The SMILES string of the molecule is CCc1nn(CC)c(CC(NN)C2CCOC2)c1Br. The van der Waals surface area contributed by atoms with Gasteiger partial charge in [0.25, 0.3) is 0 Å². The first-order valence-electron chi connectivity index (χ1n) is 6.99. The highest BCUT2D eigenvalue weighted by Crippen LogP contribution is 2.26. The molecule has 1 aliphatic rings. The average Bonchev–Trinajstić information content (AvgIpc) is 3.04. The second-order valence-electron chi connectivity index (χ2n) is 4.98. The van der Waals surface area contributed by atoms with Gasteiger partial charge in [0, 0.05) is 31.5 Å². The Morgan fingerprint density at radius 3 is 2.89 bits per heavy atom. The van der Waals surface area contributed by atoms with E-state index in [1.807, 2.05) is 0 Å². The third-order valence-corrected chi connectivity index (χ3v) is 4.77. The maximum absolute atomic E-state index is 5.73. The molecule has 3 N–H and O–H groups in total. The number of hydrogen-bond acceptors (Lipinski definition) is 4. The predicted molar refractivity (Wildman–Crippen MR) is 78.7 cm³/mol. The molecule has 1 aromatic heterocycles. The number of nitrogens with one attached hydrogen (secondary N) is 1. The molecule has 0 saturated carbocycles. The summed E-state index contributed by atoms with van der Waals surface area (Å²) in [5.74, 6) is 6.22. The Morgan fingerprint density at radius 2 is 2.37 bits per heavy atom. The van der Waals surface area contributed by atoms with Gasteiger partial charge in [-0.1, -0.05) is 6.92 Å². The second kappa shape index (κ2) is 6.83. The zero-order valence-electron chi connectivity index (χ0n) is 11.7. The molecule has 1 aliphatic heterocycles. The largest absolute Gasteiger partial charge is 0.381 e. The van der Waals surface area contributed by atoms with Gasteiger partial charge in [-0.15, -0.1) is 0 Å². The van der Waals surface area contributed by atoms with Crippen molar-refractivity contribution in [1.82, 2.24) is 15.2 Å². The zero-order chi connectivity index (χ0) is 13.8. The van der Waals surface area contributed by atoms with E-state index in [2.05, 4.69) is 45.0 Å². The summed E-state index contributed by atoms with van der Waals surface area (Å²) in [5, 5.41) is 4.63. The minimum absolute atomic E-state index is 0.241. The highest BCUT2D eigenvalue weighted by Gasteiger charge is 2.27. The van der Waals surface area contributed by atoms with Crippen LogP contribution in [-0.4, -0.2) is 29.0 Å². The summed E-state index contributed by atoms with van der Waals surface area (Å²) in [6.07, 6.45) is 2.90. The number of hydrogen-bond donors (Lipinski definition) is 2. The molecular weight excluding hydrogens is 308 g/mol. The molecule has 1 saturated heterocycles. The average molecular weight is 331 g/mol. The standard InChI is InChI=1S/C13H23BrN4O/c1-3-10-13(14)12(18(4-2)17-10)7-11(16-15)9-5-6-19-8-9/h9,11,16H,3-8,15H2,1-2H3. The van der Waals surface area contributed by atoms with Crippen LogP contribution in [0.25, 0.3) is 0 Å². The minimum atomic E-state index is 0.241. The van der Waals surface area contributed by atoms with Crippen molar-refractivity contribution in [1.29, 1.82) is 0 Å². The van der Waals surface area contributed by atoms with Gasteiger partial charge in [-0.05, 0) is 35.7 Å². The first kappa shape index (κ1) is 15.0. The second-order valence-corrected chi connectivity index (χ2v) is 5.77. The molecule has 19 heavy (non-hydrogen) atoms. The number of halogens is 1. The first-order valence-corrected chi connectivity index (χ1v) is 7.78. The van der Waals surface area contributed by atoms with E-state index in [-0.39, 0.29) is 6.04 Å². The van der Waals surface area contributed by atoms with Gasteiger partial charge in [0.2, 0.25) is 0 Å². The highest BCUT2D eigenvalue weighted by molar-refractivity contribution is 9.10. The minimum Gasteiger partial charge on any atom is -0.381 e. The smallest absolute Gasteiger partial charge is 0.0766 e. The lowest BCUT2D eigenvalue weighted by atomic mass is 9.95. The van der Waals surface area contributed by atoms with Crippen LogP contribution in [0, 0.1) is 5.92 Å². The van der Waals surface area contributed by atoms with Crippen LogP contribution >= 0.6 is 15.9 Å². The molecule has 0 bridgehead atoms. The Balaban J connectivity index is 2.18. The van der Waals surface area contributed by atoms with Crippen molar-refractivity contribution in [2.45, 2.75) is 45.7 Å². The van der Waals surface area contributed by atoms with E-state index >= 15 is 0 Å². The molecule has 0 radical (unpaired) electrons. The van der Waals surface area contributed by atoms with E-state index in [1.54, 1.807) is 0 Å². The highest BCUT2D eigenvalue weighted by atomic mass is 79.9. The summed E-state index contributed by atoms with van der Waals surface area (Å²) in [6.45, 7) is 6.77. The van der Waals surface area contributed by atoms with Crippen LogP contribution in [0.5, 0.6) is 0 Å². The topological polar surface area (TPSA) is 65.1 Å². The van der Waals surface area contributed by atoms with Gasteiger partial charge in [-0.2, -0.15) is 5.10 Å². The lowest BCUT2D eigenvalue weighted by molar-refractivity contribution is 0.176. The molecule has 2 atom stereocenters. The Kier molecular flexibility index (Phi) is 5.38. The summed E-state index contributed by atoms with van der Waals surface area (Å²) in [6, 6.07) is 0.241. The fourth-order valence-corrected chi connectivity index (χ4v) is 3.38. The van der Waals surface area contributed by atoms with E-state index in [4.69, 9.17) is 10.6 Å². The molecule has 2 heterocycles. The Bertz CT molecular complexity index is 415. The lowest BCUT2D eigenvalue weighted by Crippen LogP contribution is -2.43. The van der Waals surface area contributed by atoms with Gasteiger partial charge in [0.1, 0.15) is 0 Å². The molecule has 1 fully saturated rings. The maximum Gasteiger partial charge on any atom is 0.0766 e. The van der Waals surface area contributed by atoms with Crippen LogP contribution in [-0.2, 0) is 24.1 Å². The summed E-state index contributed by atoms with van der Waals surface area (Å²) in [4.78, 5) is 0. The summed E-state index contributed by atoms with van der Waals surface area (Å²) >= 11 is 3.69. The van der Waals surface area contributed by atoms with Crippen LogP contribution in [0.1, 0.15) is 31.7 Å². The maximum atomic E-state index is 5.73. The summed E-state index contributed by atoms with van der Waals surface area (Å²) in [7, 11) is 0. The summed E-state index contributed by atoms with van der Waals surface area (Å²) in [5.41, 5.74) is 5.31. The van der Waals surface area contributed by atoms with Crippen molar-refractivity contribution in [3.8, 4) is 0 Å². The molecule has 0 aromatic carbocycles. The summed E-state index contributed by atoms with van der Waals surface area (Å²) < 4.78 is 8.67. The van der Waals surface area contributed by atoms with Crippen LogP contribution in [0.15, 0.2) is 4.47 Å². The lowest BCUT2D eigenvalue weighted by Gasteiger charge is -2.22. The molecule has 2 unspecified atom stereocenters. The van der Waals surface area contributed by atoms with Gasteiger partial charge >= 0.3 is 0 Å². The van der Waals surface area contributed by atoms with Crippen molar-refractivity contribution in [3.05, 3.63) is 15.9 Å². The van der Waals surface area contributed by atoms with Crippen molar-refractivity contribution < 1.29 is 4.74 Å². The first-order chi connectivity index (χ1) is 9.21. The third-order valence-electron chi connectivity index (χ3n) is 3.86. The van der Waals surface area contributed by atoms with Crippen molar-refractivity contribution in [2.75, 3.05) is 13.2 Å².